The predicted octanol–water partition coefficient (Wildman–Crippen LogP) is 1.03. The summed E-state index contributed by atoms with van der Waals surface area (Å²) in [7, 11) is 1.30. The van der Waals surface area contributed by atoms with Crippen molar-refractivity contribution in [2.24, 2.45) is 0 Å². The van der Waals surface area contributed by atoms with Crippen molar-refractivity contribution < 1.29 is 24.0 Å². The lowest BCUT2D eigenvalue weighted by Gasteiger charge is -2.00. The van der Waals surface area contributed by atoms with Crippen LogP contribution in [0, 0.1) is 0 Å². The fourth-order valence-corrected chi connectivity index (χ4v) is 1.20. The van der Waals surface area contributed by atoms with Gasteiger partial charge in [0.2, 0.25) is 12.4 Å². The number of benzene rings is 1. The zero-order valence-electron chi connectivity index (χ0n) is 8.79. The van der Waals surface area contributed by atoms with Gasteiger partial charge < -0.3 is 9.47 Å². The van der Waals surface area contributed by atoms with E-state index < -0.39 is 18.4 Å². The molecule has 1 aromatic rings. The zero-order chi connectivity index (χ0) is 11.4. The minimum absolute atomic E-state index is 0.314. The fourth-order valence-electron chi connectivity index (χ4n) is 1.20. The van der Waals surface area contributed by atoms with Gasteiger partial charge in [0.15, 0.2) is 0 Å². The van der Waals surface area contributed by atoms with Crippen molar-refractivity contribution in [1.29, 1.82) is 0 Å². The summed E-state index contributed by atoms with van der Waals surface area (Å²) in [5.74, 6) is -0.451. The Kier molecular flexibility index (Phi) is 3.51. The maximum atomic E-state index is 10.9. The van der Waals surface area contributed by atoms with Crippen molar-refractivity contribution in [3.05, 3.63) is 35.9 Å². The van der Waals surface area contributed by atoms with E-state index in [-0.39, 0.29) is 0 Å². The van der Waals surface area contributed by atoms with E-state index in [1.165, 1.54) is 7.11 Å². The number of hydrogen-bond donors (Lipinski definition) is 0. The summed E-state index contributed by atoms with van der Waals surface area (Å²) in [6.45, 7) is 0.314. The molecule has 1 heterocycles. The standard InChI is InChI=1S/C11H12O5/c1-13-10(12)9-11(15-9)16-14-7-8-5-3-2-4-6-8/h2-6,9,11H,7H2,1H3. The van der Waals surface area contributed by atoms with Gasteiger partial charge in [0.25, 0.3) is 0 Å². The van der Waals surface area contributed by atoms with Crippen molar-refractivity contribution in [1.82, 2.24) is 0 Å². The molecular weight excluding hydrogens is 212 g/mol. The van der Waals surface area contributed by atoms with Crippen LogP contribution < -0.4 is 0 Å². The number of esters is 1. The highest BCUT2D eigenvalue weighted by Gasteiger charge is 2.48. The van der Waals surface area contributed by atoms with Crippen LogP contribution in [0.5, 0.6) is 0 Å². The fraction of sp³-hybridized carbons (Fsp3) is 0.364. The number of carbonyl (C=O) groups is 1. The largest absolute Gasteiger partial charge is 0.467 e. The Morgan fingerprint density at radius 3 is 2.81 bits per heavy atom. The SMILES string of the molecule is COC(=O)C1OC1OOCc1ccccc1. The zero-order valence-corrected chi connectivity index (χ0v) is 8.79. The highest BCUT2D eigenvalue weighted by atomic mass is 17.2. The van der Waals surface area contributed by atoms with Crippen LogP contribution in [0.3, 0.4) is 0 Å². The third-order valence-electron chi connectivity index (χ3n) is 2.12. The lowest BCUT2D eigenvalue weighted by Crippen LogP contribution is -2.13. The maximum absolute atomic E-state index is 10.9. The van der Waals surface area contributed by atoms with Crippen LogP contribution in [-0.2, 0) is 30.7 Å². The van der Waals surface area contributed by atoms with Crippen molar-refractivity contribution in [3.8, 4) is 0 Å². The molecule has 0 aliphatic carbocycles. The summed E-state index contributed by atoms with van der Waals surface area (Å²) in [4.78, 5) is 20.7. The molecule has 2 unspecified atom stereocenters. The summed E-state index contributed by atoms with van der Waals surface area (Å²) >= 11 is 0. The number of rotatable bonds is 5. The average molecular weight is 224 g/mol. The molecule has 0 amide bonds. The van der Waals surface area contributed by atoms with Crippen molar-refractivity contribution in [3.63, 3.8) is 0 Å². The van der Waals surface area contributed by atoms with Gasteiger partial charge in [-0.15, -0.1) is 0 Å². The van der Waals surface area contributed by atoms with Gasteiger partial charge in [-0.1, -0.05) is 30.3 Å². The minimum atomic E-state index is -0.652. The van der Waals surface area contributed by atoms with Gasteiger partial charge in [-0.2, -0.15) is 0 Å². The molecule has 0 aromatic heterocycles. The normalized spacial score (nSPS) is 22.8. The van der Waals surface area contributed by atoms with Gasteiger partial charge in [-0.25, -0.2) is 14.6 Å². The highest BCUT2D eigenvalue weighted by molar-refractivity contribution is 5.77. The third-order valence-corrected chi connectivity index (χ3v) is 2.12. The van der Waals surface area contributed by atoms with E-state index in [2.05, 4.69) is 4.74 Å². The first-order valence-electron chi connectivity index (χ1n) is 4.87. The van der Waals surface area contributed by atoms with Gasteiger partial charge in [0.05, 0.1) is 7.11 Å². The van der Waals surface area contributed by atoms with E-state index in [1.54, 1.807) is 0 Å². The molecule has 2 rings (SSSR count). The molecule has 0 bridgehead atoms. The molecule has 0 spiro atoms. The van der Waals surface area contributed by atoms with Crippen molar-refractivity contribution in [2.75, 3.05) is 7.11 Å². The van der Waals surface area contributed by atoms with E-state index >= 15 is 0 Å². The average Bonchev–Trinajstić information content (AvgIpc) is 3.09. The second-order valence-corrected chi connectivity index (χ2v) is 3.29. The number of methoxy groups -OCH3 is 1. The van der Waals surface area contributed by atoms with Crippen molar-refractivity contribution in [2.45, 2.75) is 19.0 Å². The maximum Gasteiger partial charge on any atom is 0.340 e. The Hall–Kier alpha value is -1.43. The van der Waals surface area contributed by atoms with Gasteiger partial charge >= 0.3 is 5.97 Å². The molecule has 5 heteroatoms. The molecule has 0 radical (unpaired) electrons. The van der Waals surface area contributed by atoms with Crippen LogP contribution in [0.15, 0.2) is 30.3 Å². The number of ether oxygens (including phenoxy) is 2. The molecule has 0 saturated carbocycles. The van der Waals surface area contributed by atoms with Crippen LogP contribution >= 0.6 is 0 Å². The topological polar surface area (TPSA) is 57.3 Å². The molecular formula is C11H12O5. The van der Waals surface area contributed by atoms with E-state index in [4.69, 9.17) is 14.5 Å². The molecule has 1 aliphatic heterocycles. The predicted molar refractivity (Wildman–Crippen MR) is 53.0 cm³/mol. The van der Waals surface area contributed by atoms with Crippen LogP contribution in [0.1, 0.15) is 5.56 Å². The summed E-state index contributed by atoms with van der Waals surface area (Å²) in [5, 5.41) is 0. The summed E-state index contributed by atoms with van der Waals surface area (Å²) in [5.41, 5.74) is 0.984. The van der Waals surface area contributed by atoms with E-state index in [1.807, 2.05) is 30.3 Å². The Balaban J connectivity index is 1.65. The molecule has 86 valence electrons. The Morgan fingerprint density at radius 1 is 1.38 bits per heavy atom. The molecule has 1 saturated heterocycles. The van der Waals surface area contributed by atoms with Crippen molar-refractivity contribution >= 4 is 5.97 Å². The van der Waals surface area contributed by atoms with Crippen LogP contribution in [0.4, 0.5) is 0 Å². The first-order chi connectivity index (χ1) is 7.81. The molecule has 0 N–H and O–H groups in total. The van der Waals surface area contributed by atoms with Crippen LogP contribution in [0.2, 0.25) is 0 Å². The molecule has 1 aliphatic rings. The Labute approximate surface area is 92.8 Å². The summed E-state index contributed by atoms with van der Waals surface area (Å²) in [6, 6.07) is 9.55. The first kappa shape index (κ1) is 11.1. The lowest BCUT2D eigenvalue weighted by atomic mass is 10.2. The first-order valence-corrected chi connectivity index (χ1v) is 4.87. The number of hydrogen-bond acceptors (Lipinski definition) is 5. The molecule has 1 fully saturated rings. The Bertz CT molecular complexity index is 351. The highest BCUT2D eigenvalue weighted by Crippen LogP contribution is 2.24. The van der Waals surface area contributed by atoms with Crippen LogP contribution in [-0.4, -0.2) is 25.5 Å². The number of carbonyl (C=O) groups excluding carboxylic acids is 1. The van der Waals surface area contributed by atoms with Gasteiger partial charge in [0, 0.05) is 0 Å². The third kappa shape index (κ3) is 2.79. The monoisotopic (exact) mass is 224 g/mol. The van der Waals surface area contributed by atoms with E-state index in [0.29, 0.717) is 6.61 Å². The quantitative estimate of drug-likeness (QED) is 0.323. The molecule has 16 heavy (non-hydrogen) atoms. The molecule has 2 atom stereocenters. The van der Waals surface area contributed by atoms with Gasteiger partial charge in [0.1, 0.15) is 6.61 Å². The molecule has 5 nitrogen and oxygen atoms in total. The van der Waals surface area contributed by atoms with Gasteiger partial charge in [-0.3, -0.25) is 0 Å². The molecule has 1 aromatic carbocycles. The second-order valence-electron chi connectivity index (χ2n) is 3.29. The summed E-state index contributed by atoms with van der Waals surface area (Å²) in [6.07, 6.45) is -1.29. The Morgan fingerprint density at radius 2 is 2.12 bits per heavy atom. The van der Waals surface area contributed by atoms with E-state index in [9.17, 15) is 4.79 Å². The van der Waals surface area contributed by atoms with E-state index in [0.717, 1.165) is 5.56 Å². The smallest absolute Gasteiger partial charge is 0.340 e. The minimum Gasteiger partial charge on any atom is -0.467 e. The number of epoxide rings is 1. The lowest BCUT2D eigenvalue weighted by molar-refractivity contribution is -0.329. The van der Waals surface area contributed by atoms with Gasteiger partial charge in [-0.05, 0) is 5.56 Å². The summed E-state index contributed by atoms with van der Waals surface area (Å²) < 4.78 is 9.36. The second kappa shape index (κ2) is 5.07. The van der Waals surface area contributed by atoms with Crippen LogP contribution in [0.25, 0.3) is 0 Å².